The van der Waals surface area contributed by atoms with Crippen molar-refractivity contribution in [3.63, 3.8) is 0 Å². The minimum Gasteiger partial charge on any atom is -0.493 e. The zero-order valence-electron chi connectivity index (χ0n) is 11.8. The lowest BCUT2D eigenvalue weighted by atomic mass is 10.2. The molecule has 0 aliphatic rings. The highest BCUT2D eigenvalue weighted by molar-refractivity contribution is 5.78. The maximum atomic E-state index is 5.78. The Labute approximate surface area is 123 Å². The summed E-state index contributed by atoms with van der Waals surface area (Å²) in [6.45, 7) is 0.858. The minimum atomic E-state index is 0.354. The number of furan rings is 1. The zero-order chi connectivity index (χ0) is 14.7. The van der Waals surface area contributed by atoms with Gasteiger partial charge in [-0.2, -0.15) is 0 Å². The second-order valence-corrected chi connectivity index (χ2v) is 4.73. The molecule has 108 valence electrons. The van der Waals surface area contributed by atoms with E-state index in [0.29, 0.717) is 24.7 Å². The van der Waals surface area contributed by atoms with Crippen LogP contribution in [-0.2, 0) is 13.2 Å². The van der Waals surface area contributed by atoms with Crippen LogP contribution in [0.25, 0.3) is 11.0 Å². The first kappa shape index (κ1) is 13.5. The second-order valence-electron chi connectivity index (χ2n) is 4.73. The van der Waals surface area contributed by atoms with Gasteiger partial charge in [0.2, 0.25) is 0 Å². The number of nitrogens with two attached hydrogens (primary N) is 1. The van der Waals surface area contributed by atoms with Crippen molar-refractivity contribution in [1.82, 2.24) is 0 Å². The molecule has 0 aliphatic heterocycles. The van der Waals surface area contributed by atoms with Crippen LogP contribution in [0.2, 0.25) is 0 Å². The van der Waals surface area contributed by atoms with Gasteiger partial charge in [-0.05, 0) is 29.8 Å². The average molecular weight is 283 g/mol. The van der Waals surface area contributed by atoms with Gasteiger partial charge in [0.15, 0.2) is 11.5 Å². The normalized spacial score (nSPS) is 10.8. The third kappa shape index (κ3) is 2.85. The lowest BCUT2D eigenvalue weighted by Crippen LogP contribution is -1.96. The molecular weight excluding hydrogens is 266 g/mol. The van der Waals surface area contributed by atoms with Crippen molar-refractivity contribution in [3.05, 3.63) is 59.9 Å². The van der Waals surface area contributed by atoms with E-state index in [4.69, 9.17) is 19.6 Å². The largest absolute Gasteiger partial charge is 0.493 e. The van der Waals surface area contributed by atoms with Crippen LogP contribution >= 0.6 is 0 Å². The monoisotopic (exact) mass is 283 g/mol. The molecule has 3 rings (SSSR count). The number of methoxy groups -OCH3 is 1. The van der Waals surface area contributed by atoms with E-state index in [-0.39, 0.29) is 0 Å². The Bertz CT molecular complexity index is 749. The minimum absolute atomic E-state index is 0.354. The van der Waals surface area contributed by atoms with Gasteiger partial charge >= 0.3 is 0 Å². The van der Waals surface area contributed by atoms with Crippen molar-refractivity contribution in [2.75, 3.05) is 7.11 Å². The lowest BCUT2D eigenvalue weighted by Gasteiger charge is -2.08. The van der Waals surface area contributed by atoms with Crippen LogP contribution in [0.3, 0.4) is 0 Å². The van der Waals surface area contributed by atoms with Gasteiger partial charge in [-0.3, -0.25) is 0 Å². The Morgan fingerprint density at radius 2 is 1.86 bits per heavy atom. The third-order valence-electron chi connectivity index (χ3n) is 3.31. The van der Waals surface area contributed by atoms with Gasteiger partial charge in [-0.15, -0.1) is 0 Å². The van der Waals surface area contributed by atoms with Crippen molar-refractivity contribution < 1.29 is 13.9 Å². The van der Waals surface area contributed by atoms with Crippen LogP contribution < -0.4 is 15.2 Å². The van der Waals surface area contributed by atoms with Crippen molar-refractivity contribution in [3.8, 4) is 11.5 Å². The summed E-state index contributed by atoms with van der Waals surface area (Å²) in [5, 5.41) is 1.05. The highest BCUT2D eigenvalue weighted by Crippen LogP contribution is 2.28. The molecule has 0 spiro atoms. The summed E-state index contributed by atoms with van der Waals surface area (Å²) in [5.74, 6) is 2.17. The third-order valence-corrected chi connectivity index (χ3v) is 3.31. The lowest BCUT2D eigenvalue weighted by molar-refractivity contribution is 0.259. The zero-order valence-corrected chi connectivity index (χ0v) is 11.8. The van der Waals surface area contributed by atoms with Crippen molar-refractivity contribution in [1.29, 1.82) is 0 Å². The molecule has 0 radical (unpaired) electrons. The predicted molar refractivity (Wildman–Crippen MR) is 81.4 cm³/mol. The molecule has 0 amide bonds. The first-order chi connectivity index (χ1) is 10.3. The smallest absolute Gasteiger partial charge is 0.161 e. The maximum Gasteiger partial charge on any atom is 0.161 e. The van der Waals surface area contributed by atoms with Gasteiger partial charge in [0.05, 0.1) is 7.11 Å². The first-order valence-electron chi connectivity index (χ1n) is 6.77. The molecule has 1 aromatic heterocycles. The molecule has 4 heteroatoms. The Hall–Kier alpha value is -2.46. The van der Waals surface area contributed by atoms with E-state index in [2.05, 4.69) is 0 Å². The standard InChI is InChI=1S/C17H17NO3/c1-19-15-4-2-3-5-16(15)20-11-14-9-13-7-6-12(10-18)8-17(13)21-14/h2-9H,10-11,18H2,1H3. The number of rotatable bonds is 5. The number of ether oxygens (including phenoxy) is 2. The SMILES string of the molecule is COc1ccccc1OCc1cc2ccc(CN)cc2o1. The summed E-state index contributed by atoms with van der Waals surface area (Å²) in [5.41, 5.74) is 7.51. The molecule has 2 aromatic carbocycles. The quantitative estimate of drug-likeness (QED) is 0.779. The predicted octanol–water partition coefficient (Wildman–Crippen LogP) is 3.48. The fourth-order valence-electron chi connectivity index (χ4n) is 2.22. The number of fused-ring (bicyclic) bond motifs is 1. The first-order valence-corrected chi connectivity index (χ1v) is 6.77. The highest BCUT2D eigenvalue weighted by Gasteiger charge is 2.07. The van der Waals surface area contributed by atoms with Crippen LogP contribution in [0, 0.1) is 0 Å². The van der Waals surface area contributed by atoms with Crippen LogP contribution in [0.4, 0.5) is 0 Å². The average Bonchev–Trinajstić information content (AvgIpc) is 2.94. The van der Waals surface area contributed by atoms with Gasteiger partial charge < -0.3 is 19.6 Å². The summed E-state index contributed by atoms with van der Waals surface area (Å²) in [6, 6.07) is 15.5. The Morgan fingerprint density at radius 3 is 2.62 bits per heavy atom. The molecule has 0 atom stereocenters. The van der Waals surface area contributed by atoms with Gasteiger partial charge in [0.25, 0.3) is 0 Å². The summed E-state index contributed by atoms with van der Waals surface area (Å²) in [4.78, 5) is 0. The van der Waals surface area contributed by atoms with Crippen molar-refractivity contribution >= 4 is 11.0 Å². The van der Waals surface area contributed by atoms with Gasteiger partial charge in [-0.1, -0.05) is 24.3 Å². The molecule has 1 heterocycles. The topological polar surface area (TPSA) is 57.6 Å². The maximum absolute atomic E-state index is 5.78. The van der Waals surface area contributed by atoms with Gasteiger partial charge in [0, 0.05) is 11.9 Å². The van der Waals surface area contributed by atoms with Gasteiger partial charge in [0.1, 0.15) is 18.0 Å². The molecule has 2 N–H and O–H groups in total. The number of benzene rings is 2. The van der Waals surface area contributed by atoms with Crippen LogP contribution in [0.5, 0.6) is 11.5 Å². The Kier molecular flexibility index (Phi) is 3.79. The summed E-state index contributed by atoms with van der Waals surface area (Å²) in [7, 11) is 1.62. The summed E-state index contributed by atoms with van der Waals surface area (Å²) < 4.78 is 16.8. The van der Waals surface area contributed by atoms with E-state index < -0.39 is 0 Å². The summed E-state index contributed by atoms with van der Waals surface area (Å²) >= 11 is 0. The highest BCUT2D eigenvalue weighted by atomic mass is 16.5. The number of para-hydroxylation sites is 2. The van der Waals surface area contributed by atoms with E-state index in [1.807, 2.05) is 48.5 Å². The Morgan fingerprint density at radius 1 is 1.05 bits per heavy atom. The van der Waals surface area contributed by atoms with E-state index >= 15 is 0 Å². The molecular formula is C17H17NO3. The fraction of sp³-hybridized carbons (Fsp3) is 0.176. The molecule has 0 aliphatic carbocycles. The molecule has 0 saturated carbocycles. The van der Waals surface area contributed by atoms with Crippen LogP contribution in [0.1, 0.15) is 11.3 Å². The molecule has 0 unspecified atom stereocenters. The van der Waals surface area contributed by atoms with Crippen LogP contribution in [0.15, 0.2) is 52.9 Å². The summed E-state index contributed by atoms with van der Waals surface area (Å²) in [6.07, 6.45) is 0. The fourth-order valence-corrected chi connectivity index (χ4v) is 2.22. The van der Waals surface area contributed by atoms with E-state index in [1.165, 1.54) is 0 Å². The molecule has 0 bridgehead atoms. The molecule has 4 nitrogen and oxygen atoms in total. The van der Waals surface area contributed by atoms with Gasteiger partial charge in [-0.25, -0.2) is 0 Å². The molecule has 0 fully saturated rings. The van der Waals surface area contributed by atoms with E-state index in [9.17, 15) is 0 Å². The molecule has 21 heavy (non-hydrogen) atoms. The molecule has 0 saturated heterocycles. The van der Waals surface area contributed by atoms with Crippen LogP contribution in [-0.4, -0.2) is 7.11 Å². The number of hydrogen-bond acceptors (Lipinski definition) is 4. The number of hydrogen-bond donors (Lipinski definition) is 1. The van der Waals surface area contributed by atoms with E-state index in [1.54, 1.807) is 7.11 Å². The van der Waals surface area contributed by atoms with Crippen molar-refractivity contribution in [2.24, 2.45) is 5.73 Å². The molecule has 3 aromatic rings. The Balaban J connectivity index is 1.79. The van der Waals surface area contributed by atoms with E-state index in [0.717, 1.165) is 22.3 Å². The van der Waals surface area contributed by atoms with Crippen molar-refractivity contribution in [2.45, 2.75) is 13.2 Å². The second kappa shape index (κ2) is 5.89.